The first-order chi connectivity index (χ1) is 6.61. The van der Waals surface area contributed by atoms with Gasteiger partial charge in [0.2, 0.25) is 0 Å². The number of carboxylic acid groups (broad SMARTS) is 1. The first-order valence-corrected chi connectivity index (χ1v) is 3.89. The van der Waals surface area contributed by atoms with Crippen LogP contribution in [0.4, 0.5) is 0 Å². The number of carboxylic acids is 1. The van der Waals surface area contributed by atoms with Crippen LogP contribution in [0.5, 0.6) is 0 Å². The maximum atomic E-state index is 11.3. The molecule has 6 heteroatoms. The SMILES string of the molecule is Cn1nc(C(=O)O)c2cc[nH]c(=O)c21. The highest BCUT2D eigenvalue weighted by Gasteiger charge is 2.16. The van der Waals surface area contributed by atoms with Crippen LogP contribution in [-0.4, -0.2) is 25.8 Å². The van der Waals surface area contributed by atoms with Crippen LogP contribution in [-0.2, 0) is 7.05 Å². The minimum absolute atomic E-state index is 0.103. The summed E-state index contributed by atoms with van der Waals surface area (Å²) in [6.07, 6.45) is 1.40. The number of hydrogen-bond donors (Lipinski definition) is 2. The maximum absolute atomic E-state index is 11.3. The lowest BCUT2D eigenvalue weighted by atomic mass is 10.2. The average Bonchev–Trinajstić information content (AvgIpc) is 2.45. The van der Waals surface area contributed by atoms with E-state index in [0.29, 0.717) is 5.39 Å². The van der Waals surface area contributed by atoms with Gasteiger partial charge in [-0.3, -0.25) is 9.48 Å². The lowest BCUT2D eigenvalue weighted by Gasteiger charge is -1.89. The molecule has 0 radical (unpaired) electrons. The van der Waals surface area contributed by atoms with Crippen molar-refractivity contribution in [2.45, 2.75) is 0 Å². The molecule has 0 bridgehead atoms. The van der Waals surface area contributed by atoms with Crippen LogP contribution in [0.3, 0.4) is 0 Å². The van der Waals surface area contributed by atoms with E-state index in [2.05, 4.69) is 10.1 Å². The quantitative estimate of drug-likeness (QED) is 0.665. The highest BCUT2D eigenvalue weighted by atomic mass is 16.4. The summed E-state index contributed by atoms with van der Waals surface area (Å²) >= 11 is 0. The number of nitrogens with zero attached hydrogens (tertiary/aromatic N) is 2. The van der Waals surface area contributed by atoms with Gasteiger partial charge in [-0.2, -0.15) is 5.10 Å². The first-order valence-electron chi connectivity index (χ1n) is 3.89. The lowest BCUT2D eigenvalue weighted by Crippen LogP contribution is -2.08. The van der Waals surface area contributed by atoms with Crippen molar-refractivity contribution in [2.24, 2.45) is 7.05 Å². The second-order valence-electron chi connectivity index (χ2n) is 2.85. The van der Waals surface area contributed by atoms with Crippen molar-refractivity contribution in [3.8, 4) is 0 Å². The number of aromatic nitrogens is 3. The molecule has 0 saturated carbocycles. The zero-order valence-corrected chi connectivity index (χ0v) is 7.31. The summed E-state index contributed by atoms with van der Waals surface area (Å²) in [5.41, 5.74) is -0.177. The molecular weight excluding hydrogens is 186 g/mol. The van der Waals surface area contributed by atoms with Crippen molar-refractivity contribution >= 4 is 16.9 Å². The van der Waals surface area contributed by atoms with E-state index in [4.69, 9.17) is 5.11 Å². The highest BCUT2D eigenvalue weighted by molar-refractivity contribution is 6.00. The number of aromatic carboxylic acids is 1. The summed E-state index contributed by atoms with van der Waals surface area (Å²) in [7, 11) is 1.53. The van der Waals surface area contributed by atoms with E-state index in [1.807, 2.05) is 0 Å². The highest BCUT2D eigenvalue weighted by Crippen LogP contribution is 2.12. The number of nitrogens with one attached hydrogen (secondary N) is 1. The fraction of sp³-hybridized carbons (Fsp3) is 0.125. The maximum Gasteiger partial charge on any atom is 0.357 e. The second kappa shape index (κ2) is 2.69. The Kier molecular flexibility index (Phi) is 1.63. The number of fused-ring (bicyclic) bond motifs is 1. The summed E-state index contributed by atoms with van der Waals surface area (Å²) in [6.45, 7) is 0. The molecule has 0 unspecified atom stereocenters. The van der Waals surface area contributed by atoms with Crippen LogP contribution >= 0.6 is 0 Å². The average molecular weight is 193 g/mol. The molecule has 2 aromatic rings. The molecule has 0 aromatic carbocycles. The Morgan fingerprint density at radius 1 is 1.64 bits per heavy atom. The van der Waals surface area contributed by atoms with Gasteiger partial charge in [0.15, 0.2) is 5.69 Å². The zero-order valence-electron chi connectivity index (χ0n) is 7.31. The summed E-state index contributed by atoms with van der Waals surface area (Å²) in [6, 6.07) is 1.52. The minimum atomic E-state index is -1.14. The van der Waals surface area contributed by atoms with E-state index in [0.717, 1.165) is 0 Å². The van der Waals surface area contributed by atoms with Crippen LogP contribution < -0.4 is 5.56 Å². The third-order valence-electron chi connectivity index (χ3n) is 1.97. The number of carbonyl (C=O) groups is 1. The van der Waals surface area contributed by atoms with E-state index < -0.39 is 5.97 Å². The van der Waals surface area contributed by atoms with Gasteiger partial charge in [-0.1, -0.05) is 0 Å². The molecule has 0 amide bonds. The van der Waals surface area contributed by atoms with Gasteiger partial charge in [-0.25, -0.2) is 4.79 Å². The Bertz CT molecular complexity index is 567. The molecule has 0 aliphatic rings. The molecule has 72 valence electrons. The number of pyridine rings is 1. The van der Waals surface area contributed by atoms with Gasteiger partial charge in [0.25, 0.3) is 5.56 Å². The molecule has 0 atom stereocenters. The summed E-state index contributed by atoms with van der Waals surface area (Å²) in [4.78, 5) is 24.5. The Labute approximate surface area is 77.8 Å². The molecule has 2 heterocycles. The van der Waals surface area contributed by atoms with E-state index in [1.54, 1.807) is 0 Å². The molecule has 14 heavy (non-hydrogen) atoms. The van der Waals surface area contributed by atoms with Crippen LogP contribution in [0, 0.1) is 0 Å². The van der Waals surface area contributed by atoms with Crippen LogP contribution in [0.2, 0.25) is 0 Å². The predicted molar refractivity (Wildman–Crippen MR) is 48.3 cm³/mol. The van der Waals surface area contributed by atoms with Gasteiger partial charge in [-0.05, 0) is 6.07 Å². The van der Waals surface area contributed by atoms with Gasteiger partial charge in [-0.15, -0.1) is 0 Å². The summed E-state index contributed by atoms with van der Waals surface area (Å²) in [5, 5.41) is 12.9. The van der Waals surface area contributed by atoms with Crippen LogP contribution in [0.1, 0.15) is 10.5 Å². The van der Waals surface area contributed by atoms with E-state index in [-0.39, 0.29) is 16.8 Å². The van der Waals surface area contributed by atoms with Gasteiger partial charge in [0.1, 0.15) is 5.52 Å². The largest absolute Gasteiger partial charge is 0.476 e. The van der Waals surface area contributed by atoms with Crippen molar-refractivity contribution in [3.63, 3.8) is 0 Å². The normalized spacial score (nSPS) is 10.6. The summed E-state index contributed by atoms with van der Waals surface area (Å²) < 4.78 is 1.26. The standard InChI is InChI=1S/C8H7N3O3/c1-11-6-4(2-3-9-7(6)12)5(10-11)8(13)14/h2-3H,1H3,(H,9,12)(H,13,14). The lowest BCUT2D eigenvalue weighted by molar-refractivity contribution is 0.0691. The molecule has 2 aromatic heterocycles. The van der Waals surface area contributed by atoms with Crippen LogP contribution in [0.15, 0.2) is 17.1 Å². The number of hydrogen-bond acceptors (Lipinski definition) is 3. The van der Waals surface area contributed by atoms with Gasteiger partial charge >= 0.3 is 5.97 Å². The van der Waals surface area contributed by atoms with Crippen molar-refractivity contribution < 1.29 is 9.90 Å². The molecular formula is C8H7N3O3. The molecule has 0 saturated heterocycles. The molecule has 0 fully saturated rings. The Balaban J connectivity index is 2.98. The fourth-order valence-electron chi connectivity index (χ4n) is 1.39. The fourth-order valence-corrected chi connectivity index (χ4v) is 1.39. The number of H-pyrrole nitrogens is 1. The van der Waals surface area contributed by atoms with Crippen molar-refractivity contribution in [2.75, 3.05) is 0 Å². The molecule has 0 aliphatic heterocycles. The molecule has 6 nitrogen and oxygen atoms in total. The molecule has 0 aliphatic carbocycles. The Morgan fingerprint density at radius 2 is 2.36 bits per heavy atom. The van der Waals surface area contributed by atoms with E-state index >= 15 is 0 Å². The third-order valence-corrected chi connectivity index (χ3v) is 1.97. The predicted octanol–water partition coefficient (Wildman–Crippen LogP) is -0.0402. The van der Waals surface area contributed by atoms with Crippen molar-refractivity contribution in [3.05, 3.63) is 28.3 Å². The van der Waals surface area contributed by atoms with Crippen LogP contribution in [0.25, 0.3) is 10.9 Å². The zero-order chi connectivity index (χ0) is 10.3. The van der Waals surface area contributed by atoms with Gasteiger partial charge < -0.3 is 10.1 Å². The van der Waals surface area contributed by atoms with E-state index in [9.17, 15) is 9.59 Å². The topological polar surface area (TPSA) is 88.0 Å². The Morgan fingerprint density at radius 3 is 3.00 bits per heavy atom. The number of aromatic amines is 1. The van der Waals surface area contributed by atoms with Crippen molar-refractivity contribution in [1.29, 1.82) is 0 Å². The Hall–Kier alpha value is -2.11. The molecule has 2 rings (SSSR count). The number of rotatable bonds is 1. The van der Waals surface area contributed by atoms with Gasteiger partial charge in [0.05, 0.1) is 0 Å². The molecule has 2 N–H and O–H groups in total. The van der Waals surface area contributed by atoms with Gasteiger partial charge in [0, 0.05) is 18.6 Å². The van der Waals surface area contributed by atoms with E-state index in [1.165, 1.54) is 24.0 Å². The second-order valence-corrected chi connectivity index (χ2v) is 2.85. The summed E-state index contributed by atoms with van der Waals surface area (Å²) in [5.74, 6) is -1.14. The van der Waals surface area contributed by atoms with Crippen molar-refractivity contribution in [1.82, 2.24) is 14.8 Å². The first kappa shape index (κ1) is 8.49. The smallest absolute Gasteiger partial charge is 0.357 e. The monoisotopic (exact) mass is 193 g/mol. The third kappa shape index (κ3) is 1.00. The minimum Gasteiger partial charge on any atom is -0.476 e. The number of aryl methyl sites for hydroxylation is 1. The molecule has 0 spiro atoms.